The van der Waals surface area contributed by atoms with Crippen molar-refractivity contribution in [2.24, 2.45) is 0 Å². The van der Waals surface area contributed by atoms with Gasteiger partial charge in [0.15, 0.2) is 5.76 Å². The van der Waals surface area contributed by atoms with Gasteiger partial charge in [0.25, 0.3) is 5.91 Å². The molecule has 3 aromatic rings. The second-order valence-corrected chi connectivity index (χ2v) is 6.16. The highest BCUT2D eigenvalue weighted by Gasteiger charge is 2.15. The molecule has 0 atom stereocenters. The summed E-state index contributed by atoms with van der Waals surface area (Å²) in [6.45, 7) is 0. The maximum absolute atomic E-state index is 12.2. The molecular weight excluding hydrogens is 373 g/mol. The van der Waals surface area contributed by atoms with Crippen LogP contribution in [0.4, 0.5) is 5.69 Å². The number of furan rings is 1. The molecule has 0 aliphatic heterocycles. The predicted octanol–water partition coefficient (Wildman–Crippen LogP) is 5.86. The molecule has 3 rings (SSSR count). The number of nitrogens with one attached hydrogen (secondary N) is 1. The average Bonchev–Trinajstić information content (AvgIpc) is 3.03. The van der Waals surface area contributed by atoms with Gasteiger partial charge in [-0.1, -0.05) is 34.8 Å². The van der Waals surface area contributed by atoms with E-state index in [-0.39, 0.29) is 17.2 Å². The van der Waals surface area contributed by atoms with Crippen LogP contribution in [0.3, 0.4) is 0 Å². The number of rotatable bonds is 3. The predicted molar refractivity (Wildman–Crippen MR) is 95.2 cm³/mol. The standard InChI is InChI=1S/C17H10Cl3NO3/c18-10-2-4-14(22)13(8-10)21-17(23)16-6-5-15(24-16)9-1-3-11(19)12(20)7-9/h1-8,22H,(H,21,23). The first-order valence-electron chi connectivity index (χ1n) is 6.79. The Kier molecular flexibility index (Phi) is 4.71. The molecule has 2 N–H and O–H groups in total. The minimum atomic E-state index is -0.515. The van der Waals surface area contributed by atoms with Crippen molar-refractivity contribution in [2.75, 3.05) is 5.32 Å². The molecule has 0 saturated heterocycles. The Hall–Kier alpha value is -2.14. The number of anilines is 1. The highest BCUT2D eigenvalue weighted by molar-refractivity contribution is 6.42. The lowest BCUT2D eigenvalue weighted by Gasteiger charge is -2.06. The first-order valence-corrected chi connectivity index (χ1v) is 7.92. The average molecular weight is 383 g/mol. The summed E-state index contributed by atoms with van der Waals surface area (Å²) in [6.07, 6.45) is 0. The number of hydrogen-bond acceptors (Lipinski definition) is 3. The van der Waals surface area contributed by atoms with Gasteiger partial charge in [0.05, 0.1) is 15.7 Å². The minimum Gasteiger partial charge on any atom is -0.506 e. The highest BCUT2D eigenvalue weighted by Crippen LogP contribution is 2.30. The Morgan fingerprint density at radius 1 is 0.958 bits per heavy atom. The zero-order valence-electron chi connectivity index (χ0n) is 12.0. The van der Waals surface area contributed by atoms with Crippen molar-refractivity contribution in [1.29, 1.82) is 0 Å². The third kappa shape index (κ3) is 3.51. The molecule has 0 unspecified atom stereocenters. The van der Waals surface area contributed by atoms with Crippen molar-refractivity contribution in [3.05, 3.63) is 69.4 Å². The van der Waals surface area contributed by atoms with Crippen LogP contribution in [0.25, 0.3) is 11.3 Å². The van der Waals surface area contributed by atoms with E-state index in [0.717, 1.165) is 0 Å². The molecule has 122 valence electrons. The number of aromatic hydroxyl groups is 1. The second kappa shape index (κ2) is 6.77. The van der Waals surface area contributed by atoms with Gasteiger partial charge in [-0.3, -0.25) is 4.79 Å². The van der Waals surface area contributed by atoms with E-state index in [9.17, 15) is 9.90 Å². The number of amides is 1. The van der Waals surface area contributed by atoms with Gasteiger partial charge >= 0.3 is 0 Å². The Balaban J connectivity index is 1.83. The highest BCUT2D eigenvalue weighted by atomic mass is 35.5. The molecule has 2 aromatic carbocycles. The second-order valence-electron chi connectivity index (χ2n) is 4.91. The summed E-state index contributed by atoms with van der Waals surface area (Å²) in [5.41, 5.74) is 0.883. The van der Waals surface area contributed by atoms with Crippen molar-refractivity contribution >= 4 is 46.4 Å². The number of hydrogen-bond donors (Lipinski definition) is 2. The Morgan fingerprint density at radius 3 is 2.50 bits per heavy atom. The first-order chi connectivity index (χ1) is 11.4. The van der Waals surface area contributed by atoms with Crippen LogP contribution < -0.4 is 5.32 Å². The van der Waals surface area contributed by atoms with Crippen molar-refractivity contribution in [1.82, 2.24) is 0 Å². The van der Waals surface area contributed by atoms with Crippen LogP contribution >= 0.6 is 34.8 Å². The van der Waals surface area contributed by atoms with E-state index in [1.807, 2.05) is 0 Å². The summed E-state index contributed by atoms with van der Waals surface area (Å²) in [4.78, 5) is 12.2. The SMILES string of the molecule is O=C(Nc1cc(Cl)ccc1O)c1ccc(-c2ccc(Cl)c(Cl)c2)o1. The molecule has 24 heavy (non-hydrogen) atoms. The molecule has 0 radical (unpaired) electrons. The van der Waals surface area contributed by atoms with Crippen molar-refractivity contribution < 1.29 is 14.3 Å². The third-order valence-electron chi connectivity index (χ3n) is 3.24. The molecule has 0 bridgehead atoms. The number of carbonyl (C=O) groups excluding carboxylic acids is 1. The zero-order chi connectivity index (χ0) is 17.3. The monoisotopic (exact) mass is 381 g/mol. The van der Waals surface area contributed by atoms with Gasteiger partial charge in [0.1, 0.15) is 11.5 Å². The maximum atomic E-state index is 12.2. The molecule has 0 spiro atoms. The van der Waals surface area contributed by atoms with Crippen LogP contribution in [0.2, 0.25) is 15.1 Å². The van der Waals surface area contributed by atoms with Gasteiger partial charge in [-0.15, -0.1) is 0 Å². The fourth-order valence-corrected chi connectivity index (χ4v) is 2.53. The largest absolute Gasteiger partial charge is 0.506 e. The molecule has 1 amide bonds. The van der Waals surface area contributed by atoms with E-state index >= 15 is 0 Å². The van der Waals surface area contributed by atoms with E-state index in [2.05, 4.69) is 5.32 Å². The van der Waals surface area contributed by atoms with Gasteiger partial charge in [0, 0.05) is 10.6 Å². The van der Waals surface area contributed by atoms with Gasteiger partial charge in [-0.05, 0) is 48.5 Å². The first kappa shape index (κ1) is 16.7. The molecular formula is C17H10Cl3NO3. The lowest BCUT2D eigenvalue weighted by Crippen LogP contribution is -2.10. The smallest absolute Gasteiger partial charge is 0.291 e. The van der Waals surface area contributed by atoms with Crippen LogP contribution in [-0.2, 0) is 0 Å². The Morgan fingerprint density at radius 2 is 1.75 bits per heavy atom. The molecule has 4 nitrogen and oxygen atoms in total. The van der Waals surface area contributed by atoms with E-state index < -0.39 is 5.91 Å². The lowest BCUT2D eigenvalue weighted by molar-refractivity contribution is 0.0997. The summed E-state index contributed by atoms with van der Waals surface area (Å²) >= 11 is 17.7. The summed E-state index contributed by atoms with van der Waals surface area (Å²) in [5, 5.41) is 13.5. The molecule has 1 heterocycles. The number of phenols is 1. The van der Waals surface area contributed by atoms with Crippen molar-refractivity contribution in [2.45, 2.75) is 0 Å². The quantitative estimate of drug-likeness (QED) is 0.557. The summed E-state index contributed by atoms with van der Waals surface area (Å²) in [6, 6.07) is 12.5. The van der Waals surface area contributed by atoms with Crippen LogP contribution in [-0.4, -0.2) is 11.0 Å². The van der Waals surface area contributed by atoms with Gasteiger partial charge in [0.2, 0.25) is 0 Å². The fourth-order valence-electron chi connectivity index (χ4n) is 2.06. The topological polar surface area (TPSA) is 62.5 Å². The molecule has 1 aromatic heterocycles. The van der Waals surface area contributed by atoms with Crippen molar-refractivity contribution in [3.63, 3.8) is 0 Å². The molecule has 0 fully saturated rings. The molecule has 0 aliphatic carbocycles. The van der Waals surface area contributed by atoms with Crippen LogP contribution in [0, 0.1) is 0 Å². The maximum Gasteiger partial charge on any atom is 0.291 e. The molecule has 0 aliphatic rings. The number of carbonyl (C=O) groups is 1. The van der Waals surface area contributed by atoms with E-state index in [4.69, 9.17) is 39.2 Å². The van der Waals surface area contributed by atoms with Crippen LogP contribution in [0.1, 0.15) is 10.6 Å². The summed E-state index contributed by atoms with van der Waals surface area (Å²) in [7, 11) is 0. The fraction of sp³-hybridized carbons (Fsp3) is 0. The zero-order valence-corrected chi connectivity index (χ0v) is 14.3. The normalized spacial score (nSPS) is 10.6. The number of benzene rings is 2. The Bertz CT molecular complexity index is 921. The summed E-state index contributed by atoms with van der Waals surface area (Å²) in [5.74, 6) is -0.0626. The van der Waals surface area contributed by atoms with Gasteiger partial charge < -0.3 is 14.8 Å². The Labute approximate surface area is 152 Å². The van der Waals surface area contributed by atoms with E-state index in [1.54, 1.807) is 24.3 Å². The number of phenolic OH excluding ortho intramolecular Hbond substituents is 1. The number of halogens is 3. The van der Waals surface area contributed by atoms with Gasteiger partial charge in [-0.25, -0.2) is 0 Å². The molecule has 7 heteroatoms. The lowest BCUT2D eigenvalue weighted by atomic mass is 10.2. The van der Waals surface area contributed by atoms with Gasteiger partial charge in [-0.2, -0.15) is 0 Å². The van der Waals surface area contributed by atoms with Crippen LogP contribution in [0.5, 0.6) is 5.75 Å². The third-order valence-corrected chi connectivity index (χ3v) is 4.21. The summed E-state index contributed by atoms with van der Waals surface area (Å²) < 4.78 is 5.54. The minimum absolute atomic E-state index is 0.0791. The van der Waals surface area contributed by atoms with E-state index in [0.29, 0.717) is 26.4 Å². The van der Waals surface area contributed by atoms with E-state index in [1.165, 1.54) is 24.3 Å². The molecule has 0 saturated carbocycles. The van der Waals surface area contributed by atoms with Crippen LogP contribution in [0.15, 0.2) is 52.9 Å². The van der Waals surface area contributed by atoms with Crippen molar-refractivity contribution in [3.8, 4) is 17.1 Å².